The second kappa shape index (κ2) is 8.68. The largest absolute Gasteiger partial charge is 0.480 e. The first-order valence-corrected chi connectivity index (χ1v) is 8.36. The Labute approximate surface area is 161 Å². The Kier molecular flexibility index (Phi) is 6.55. The molecular weight excluding hydrogens is 369 g/mol. The molecule has 0 radical (unpaired) electrons. The molecule has 1 atom stereocenters. The third-order valence-corrected chi connectivity index (χ3v) is 4.48. The summed E-state index contributed by atoms with van der Waals surface area (Å²) in [5.41, 5.74) is -0.0163. The third-order valence-electron chi connectivity index (χ3n) is 4.48. The SMILES string of the molecule is CC1(C)[C@H](C(=O)O)NC(=O)N1Cc1ccc(Oc2ccc(F)cc2)cc1.NO. The quantitative estimate of drug-likeness (QED) is 0.581. The van der Waals surface area contributed by atoms with Gasteiger partial charge in [-0.05, 0) is 55.8 Å². The van der Waals surface area contributed by atoms with Crippen LogP contribution in [-0.2, 0) is 11.3 Å². The van der Waals surface area contributed by atoms with Gasteiger partial charge in [-0.15, -0.1) is 0 Å². The maximum Gasteiger partial charge on any atom is 0.328 e. The van der Waals surface area contributed by atoms with Crippen LogP contribution in [0.3, 0.4) is 0 Å². The van der Waals surface area contributed by atoms with E-state index in [0.29, 0.717) is 11.5 Å². The van der Waals surface area contributed by atoms with Crippen LogP contribution in [0.2, 0.25) is 0 Å². The van der Waals surface area contributed by atoms with Crippen molar-refractivity contribution in [1.82, 2.24) is 10.2 Å². The van der Waals surface area contributed by atoms with Gasteiger partial charge in [0.2, 0.25) is 0 Å². The summed E-state index contributed by atoms with van der Waals surface area (Å²) in [7, 11) is 0. The molecule has 150 valence electrons. The van der Waals surface area contributed by atoms with Crippen molar-refractivity contribution >= 4 is 12.0 Å². The van der Waals surface area contributed by atoms with Crippen LogP contribution in [0.5, 0.6) is 11.5 Å². The molecule has 1 fully saturated rings. The van der Waals surface area contributed by atoms with Crippen molar-refractivity contribution in [3.63, 3.8) is 0 Å². The number of nitrogens with two attached hydrogens (primary N) is 1. The maximum absolute atomic E-state index is 12.9. The monoisotopic (exact) mass is 391 g/mol. The molecule has 1 aliphatic heterocycles. The van der Waals surface area contributed by atoms with Gasteiger partial charge in [0.25, 0.3) is 0 Å². The zero-order valence-corrected chi connectivity index (χ0v) is 15.4. The molecule has 0 saturated carbocycles. The van der Waals surface area contributed by atoms with Crippen LogP contribution in [0.1, 0.15) is 19.4 Å². The highest BCUT2D eigenvalue weighted by molar-refractivity contribution is 5.88. The van der Waals surface area contributed by atoms with E-state index in [1.54, 1.807) is 38.1 Å². The van der Waals surface area contributed by atoms with E-state index in [-0.39, 0.29) is 12.4 Å². The summed E-state index contributed by atoms with van der Waals surface area (Å²) in [6.45, 7) is 3.71. The van der Waals surface area contributed by atoms with Crippen molar-refractivity contribution in [2.24, 2.45) is 5.90 Å². The van der Waals surface area contributed by atoms with E-state index < -0.39 is 23.6 Å². The Morgan fingerprint density at radius 2 is 1.64 bits per heavy atom. The first kappa shape index (κ1) is 21.1. The summed E-state index contributed by atoms with van der Waals surface area (Å²) in [6, 6.07) is 11.4. The highest BCUT2D eigenvalue weighted by Gasteiger charge is 2.49. The molecule has 2 aromatic rings. The molecule has 0 unspecified atom stereocenters. The van der Waals surface area contributed by atoms with E-state index in [2.05, 4.69) is 11.2 Å². The van der Waals surface area contributed by atoms with Gasteiger partial charge < -0.3 is 25.3 Å². The predicted molar refractivity (Wildman–Crippen MR) is 98.5 cm³/mol. The van der Waals surface area contributed by atoms with Crippen molar-refractivity contribution < 1.29 is 29.0 Å². The van der Waals surface area contributed by atoms with Crippen LogP contribution < -0.4 is 16.0 Å². The number of urea groups is 1. The molecule has 3 rings (SSSR count). The second-order valence-corrected chi connectivity index (χ2v) is 6.66. The van der Waals surface area contributed by atoms with Gasteiger partial charge in [-0.3, -0.25) is 0 Å². The lowest BCUT2D eigenvalue weighted by atomic mass is 9.94. The molecule has 0 bridgehead atoms. The fourth-order valence-electron chi connectivity index (χ4n) is 2.92. The zero-order chi connectivity index (χ0) is 20.9. The van der Waals surface area contributed by atoms with Crippen molar-refractivity contribution in [3.05, 3.63) is 59.9 Å². The lowest BCUT2D eigenvalue weighted by Gasteiger charge is -2.32. The topological polar surface area (TPSA) is 125 Å². The molecule has 5 N–H and O–H groups in total. The molecule has 1 aliphatic rings. The summed E-state index contributed by atoms with van der Waals surface area (Å²) in [4.78, 5) is 25.0. The number of ether oxygens (including phenoxy) is 1. The second-order valence-electron chi connectivity index (χ2n) is 6.66. The summed E-state index contributed by atoms with van der Waals surface area (Å²) in [5, 5.41) is 18.3. The minimum Gasteiger partial charge on any atom is -0.480 e. The summed E-state index contributed by atoms with van der Waals surface area (Å²) >= 11 is 0. The Morgan fingerprint density at radius 3 is 2.11 bits per heavy atom. The number of benzene rings is 2. The van der Waals surface area contributed by atoms with Crippen molar-refractivity contribution in [2.45, 2.75) is 32.0 Å². The minimum absolute atomic E-state index is 0.277. The van der Waals surface area contributed by atoms with Crippen LogP contribution in [-0.4, -0.2) is 38.8 Å². The number of carbonyl (C=O) groups excluding carboxylic acids is 1. The number of amides is 2. The number of halogens is 1. The molecule has 1 saturated heterocycles. The Balaban J connectivity index is 0.00000136. The predicted octanol–water partition coefficient (Wildman–Crippen LogP) is 2.71. The third kappa shape index (κ3) is 4.56. The number of hydrogen-bond donors (Lipinski definition) is 4. The smallest absolute Gasteiger partial charge is 0.328 e. The van der Waals surface area contributed by atoms with Gasteiger partial charge in [0.05, 0.1) is 5.54 Å². The van der Waals surface area contributed by atoms with Crippen LogP contribution >= 0.6 is 0 Å². The lowest BCUT2D eigenvalue weighted by molar-refractivity contribution is -0.141. The van der Waals surface area contributed by atoms with E-state index in [4.69, 9.17) is 9.94 Å². The fraction of sp³-hybridized carbons (Fsp3) is 0.263. The summed E-state index contributed by atoms with van der Waals surface area (Å²) in [6.07, 6.45) is 0. The normalized spacial score (nSPS) is 17.4. The fourth-order valence-corrected chi connectivity index (χ4v) is 2.92. The van der Waals surface area contributed by atoms with Gasteiger partial charge in [-0.2, -0.15) is 0 Å². The lowest BCUT2D eigenvalue weighted by Crippen LogP contribution is -2.49. The number of rotatable bonds is 5. The molecule has 9 heteroatoms. The summed E-state index contributed by atoms with van der Waals surface area (Å²) < 4.78 is 18.5. The minimum atomic E-state index is -1.06. The van der Waals surface area contributed by atoms with Gasteiger partial charge in [-0.25, -0.2) is 19.9 Å². The number of nitrogens with zero attached hydrogens (tertiary/aromatic N) is 1. The molecular formula is C19H22FN3O5. The molecule has 0 aromatic heterocycles. The first-order valence-electron chi connectivity index (χ1n) is 8.36. The van der Waals surface area contributed by atoms with Gasteiger partial charge >= 0.3 is 12.0 Å². The summed E-state index contributed by atoms with van der Waals surface area (Å²) in [5.74, 6) is 3.20. The van der Waals surface area contributed by atoms with Crippen molar-refractivity contribution in [1.29, 1.82) is 0 Å². The first-order chi connectivity index (χ1) is 13.3. The van der Waals surface area contributed by atoms with Gasteiger partial charge in [0.15, 0.2) is 6.04 Å². The standard InChI is InChI=1S/C19H19FN2O4.H3NO/c1-19(2)16(17(23)24)21-18(25)22(19)11-12-3-7-14(8-4-12)26-15-9-5-13(20)6-10-15;1-2/h3-10,16H,11H2,1-2H3,(H,21,25)(H,23,24);2H,1H2/t16-;/m0./s1. The molecule has 2 aromatic carbocycles. The highest BCUT2D eigenvalue weighted by Crippen LogP contribution is 2.29. The molecule has 2 amide bonds. The highest BCUT2D eigenvalue weighted by atomic mass is 19.1. The van der Waals surface area contributed by atoms with E-state index in [0.717, 1.165) is 5.56 Å². The maximum atomic E-state index is 12.9. The Bertz CT molecular complexity index is 824. The van der Waals surface area contributed by atoms with Gasteiger partial charge in [0.1, 0.15) is 17.3 Å². The van der Waals surface area contributed by atoms with Crippen LogP contribution in [0.4, 0.5) is 9.18 Å². The van der Waals surface area contributed by atoms with Gasteiger partial charge in [0, 0.05) is 6.54 Å². The number of carboxylic acid groups (broad SMARTS) is 1. The number of carboxylic acids is 1. The van der Waals surface area contributed by atoms with E-state index in [1.165, 1.54) is 29.2 Å². The number of hydrogen-bond acceptors (Lipinski definition) is 5. The number of aliphatic carboxylic acids is 1. The van der Waals surface area contributed by atoms with Gasteiger partial charge in [-0.1, -0.05) is 12.1 Å². The van der Waals surface area contributed by atoms with E-state index >= 15 is 0 Å². The van der Waals surface area contributed by atoms with E-state index in [9.17, 15) is 19.1 Å². The number of carbonyl (C=O) groups is 2. The Morgan fingerprint density at radius 1 is 1.14 bits per heavy atom. The zero-order valence-electron chi connectivity index (χ0n) is 15.4. The van der Waals surface area contributed by atoms with Crippen molar-refractivity contribution in [2.75, 3.05) is 0 Å². The van der Waals surface area contributed by atoms with Crippen LogP contribution in [0, 0.1) is 5.82 Å². The van der Waals surface area contributed by atoms with E-state index in [1.807, 2.05) is 0 Å². The Hall–Kier alpha value is -3.17. The molecule has 8 nitrogen and oxygen atoms in total. The van der Waals surface area contributed by atoms with Crippen LogP contribution in [0.25, 0.3) is 0 Å². The molecule has 0 spiro atoms. The number of nitrogens with one attached hydrogen (secondary N) is 1. The molecule has 28 heavy (non-hydrogen) atoms. The molecule has 0 aliphatic carbocycles. The average molecular weight is 391 g/mol. The van der Waals surface area contributed by atoms with Crippen molar-refractivity contribution in [3.8, 4) is 11.5 Å². The van der Waals surface area contributed by atoms with Crippen LogP contribution in [0.15, 0.2) is 48.5 Å². The molecule has 1 heterocycles. The average Bonchev–Trinajstić information content (AvgIpc) is 2.90.